The number of unbranched alkanes of at least 4 members (excludes halogenated alkanes) is 1. The first-order valence-corrected chi connectivity index (χ1v) is 14.0. The highest BCUT2D eigenvalue weighted by atomic mass is 16.4. The number of hydrogen-bond donors (Lipinski definition) is 1. The quantitative estimate of drug-likeness (QED) is 0.270. The van der Waals surface area contributed by atoms with Gasteiger partial charge >= 0.3 is 5.97 Å². The molecule has 3 unspecified atom stereocenters. The van der Waals surface area contributed by atoms with Crippen molar-refractivity contribution >= 4 is 22.9 Å². The van der Waals surface area contributed by atoms with E-state index in [1.54, 1.807) is 0 Å². The van der Waals surface area contributed by atoms with Gasteiger partial charge in [-0.1, -0.05) is 66.3 Å². The molecule has 3 aliphatic rings. The van der Waals surface area contributed by atoms with Crippen molar-refractivity contribution < 1.29 is 14.7 Å². The number of amides is 1. The molecule has 6 nitrogen and oxygen atoms in total. The second-order valence-corrected chi connectivity index (χ2v) is 10.8. The first-order chi connectivity index (χ1) is 19.1. The molecule has 1 aromatic heterocycles. The summed E-state index contributed by atoms with van der Waals surface area (Å²) in [6.45, 7) is 0. The Labute approximate surface area is 228 Å². The monoisotopic (exact) mass is 519 g/mol. The Balaban J connectivity index is 1.28. The molecule has 0 spiro atoms. The third-order valence-corrected chi connectivity index (χ3v) is 8.20. The fourth-order valence-electron chi connectivity index (χ4n) is 6.25. The number of benzene rings is 2. The van der Waals surface area contributed by atoms with Crippen LogP contribution in [0, 0.1) is 5.92 Å². The van der Waals surface area contributed by atoms with Gasteiger partial charge < -0.3 is 10.0 Å². The maximum Gasteiger partial charge on any atom is 0.303 e. The number of fused-ring (bicyclic) bond motifs is 3. The van der Waals surface area contributed by atoms with E-state index in [0.29, 0.717) is 36.3 Å². The highest BCUT2D eigenvalue weighted by Crippen LogP contribution is 2.40. The van der Waals surface area contributed by atoms with Crippen molar-refractivity contribution in [3.63, 3.8) is 0 Å². The van der Waals surface area contributed by atoms with Gasteiger partial charge in [0.2, 0.25) is 0 Å². The molecule has 1 N–H and O–H groups in total. The van der Waals surface area contributed by atoms with Gasteiger partial charge in [-0.3, -0.25) is 9.59 Å². The molecule has 3 heterocycles. The molecule has 1 amide bonds. The first kappa shape index (κ1) is 25.2. The molecule has 1 fully saturated rings. The van der Waals surface area contributed by atoms with Crippen LogP contribution in [0.5, 0.6) is 0 Å². The van der Waals surface area contributed by atoms with Crippen molar-refractivity contribution in [2.45, 2.75) is 63.5 Å². The summed E-state index contributed by atoms with van der Waals surface area (Å²) in [6, 6.07) is 16.0. The zero-order chi connectivity index (χ0) is 26.8. The Morgan fingerprint density at radius 3 is 2.62 bits per heavy atom. The molecule has 6 heteroatoms. The predicted octanol–water partition coefficient (Wildman–Crippen LogP) is 6.53. The van der Waals surface area contributed by atoms with Gasteiger partial charge in [-0.2, -0.15) is 0 Å². The van der Waals surface area contributed by atoms with E-state index in [4.69, 9.17) is 15.1 Å². The number of aliphatic carboxylic acids is 1. The number of carboxylic acid groups (broad SMARTS) is 1. The number of hydrogen-bond acceptors (Lipinski definition) is 4. The van der Waals surface area contributed by atoms with Crippen LogP contribution in [-0.4, -0.2) is 43.9 Å². The third kappa shape index (κ3) is 5.29. The van der Waals surface area contributed by atoms with E-state index >= 15 is 0 Å². The zero-order valence-corrected chi connectivity index (χ0v) is 22.0. The van der Waals surface area contributed by atoms with Crippen LogP contribution in [-0.2, 0) is 11.2 Å². The SMILES string of the molecule is O=C(O)CCCCc1nc2cc(C(=O)N3C4C=C(C5C=CC=CC5)CC3CC4)ccc2nc1-c1ccccc1. The van der Waals surface area contributed by atoms with Gasteiger partial charge in [0.05, 0.1) is 28.5 Å². The lowest BCUT2D eigenvalue weighted by Gasteiger charge is -2.36. The van der Waals surface area contributed by atoms with E-state index in [2.05, 4.69) is 35.3 Å². The van der Waals surface area contributed by atoms with Crippen molar-refractivity contribution in [3.8, 4) is 11.3 Å². The molecule has 1 aliphatic carbocycles. The van der Waals surface area contributed by atoms with Crippen LogP contribution in [0.1, 0.15) is 61.0 Å². The van der Waals surface area contributed by atoms with E-state index in [0.717, 1.165) is 48.2 Å². The highest BCUT2D eigenvalue weighted by Gasteiger charge is 2.40. The van der Waals surface area contributed by atoms with E-state index < -0.39 is 5.97 Å². The number of allylic oxidation sites excluding steroid dienone is 4. The minimum atomic E-state index is -0.785. The average Bonchev–Trinajstić information content (AvgIpc) is 3.23. The number of aromatic nitrogens is 2. The summed E-state index contributed by atoms with van der Waals surface area (Å²) in [5.41, 5.74) is 6.21. The number of carboxylic acids is 1. The summed E-state index contributed by atoms with van der Waals surface area (Å²) in [5.74, 6) is -0.263. The minimum Gasteiger partial charge on any atom is -0.481 e. The zero-order valence-electron chi connectivity index (χ0n) is 22.0. The average molecular weight is 520 g/mol. The van der Waals surface area contributed by atoms with E-state index in [9.17, 15) is 9.59 Å². The Kier molecular flexibility index (Phi) is 7.10. The summed E-state index contributed by atoms with van der Waals surface area (Å²) < 4.78 is 0. The van der Waals surface area contributed by atoms with Crippen LogP contribution in [0.25, 0.3) is 22.3 Å². The molecule has 2 bridgehead atoms. The lowest BCUT2D eigenvalue weighted by molar-refractivity contribution is -0.137. The van der Waals surface area contributed by atoms with Gasteiger partial charge in [0.15, 0.2) is 0 Å². The molecule has 3 aromatic rings. The Bertz CT molecular complexity index is 1490. The lowest BCUT2D eigenvalue weighted by Crippen LogP contribution is -2.43. The van der Waals surface area contributed by atoms with Crippen molar-refractivity contribution in [2.24, 2.45) is 5.92 Å². The second kappa shape index (κ2) is 11.0. The Hall–Kier alpha value is -4.06. The molecule has 198 valence electrons. The standard InChI is InChI=1S/C33H33N3O3/c37-31(38)14-8-7-13-29-32(23-11-5-2-6-12-23)35-28-18-15-24(21-30(28)34-29)33(39)36-26-16-17-27(36)20-25(19-26)22-9-3-1-4-10-22/h1-6,9,11-12,15,18-19,21-22,26-27H,7-8,10,13-14,16-17,20H2,(H,37,38). The van der Waals surface area contributed by atoms with Gasteiger partial charge in [-0.15, -0.1) is 0 Å². The van der Waals surface area contributed by atoms with Gasteiger partial charge in [-0.25, -0.2) is 9.97 Å². The maximum absolute atomic E-state index is 13.8. The van der Waals surface area contributed by atoms with Gasteiger partial charge in [-0.05, 0) is 63.1 Å². The number of rotatable bonds is 8. The maximum atomic E-state index is 13.8. The van der Waals surface area contributed by atoms with Crippen LogP contribution in [0.2, 0.25) is 0 Å². The van der Waals surface area contributed by atoms with Crippen molar-refractivity contribution in [1.82, 2.24) is 14.9 Å². The Morgan fingerprint density at radius 2 is 1.85 bits per heavy atom. The second-order valence-electron chi connectivity index (χ2n) is 10.8. The molecule has 0 saturated carbocycles. The number of carbonyl (C=O) groups excluding carboxylic acids is 1. The molecule has 3 atom stereocenters. The smallest absolute Gasteiger partial charge is 0.303 e. The number of nitrogens with zero attached hydrogens (tertiary/aromatic N) is 3. The van der Waals surface area contributed by atoms with E-state index in [-0.39, 0.29) is 24.4 Å². The molecule has 2 aromatic carbocycles. The summed E-state index contributed by atoms with van der Waals surface area (Å²) in [5, 5.41) is 9.02. The molecule has 0 radical (unpaired) electrons. The predicted molar refractivity (Wildman–Crippen MR) is 152 cm³/mol. The third-order valence-electron chi connectivity index (χ3n) is 8.20. The number of carbonyl (C=O) groups is 2. The molecular formula is C33H33N3O3. The number of aryl methyl sites for hydroxylation is 1. The van der Waals surface area contributed by atoms with Gasteiger partial charge in [0.25, 0.3) is 5.91 Å². The van der Waals surface area contributed by atoms with Gasteiger partial charge in [0.1, 0.15) is 0 Å². The van der Waals surface area contributed by atoms with Crippen LogP contribution < -0.4 is 0 Å². The summed E-state index contributed by atoms with van der Waals surface area (Å²) >= 11 is 0. The summed E-state index contributed by atoms with van der Waals surface area (Å²) in [7, 11) is 0. The van der Waals surface area contributed by atoms with Crippen LogP contribution in [0.3, 0.4) is 0 Å². The van der Waals surface area contributed by atoms with Crippen molar-refractivity contribution in [2.75, 3.05) is 0 Å². The molecule has 1 saturated heterocycles. The topological polar surface area (TPSA) is 83.4 Å². The van der Waals surface area contributed by atoms with Crippen LogP contribution in [0.15, 0.2) is 84.5 Å². The fraction of sp³-hybridized carbons (Fsp3) is 0.333. The van der Waals surface area contributed by atoms with Crippen molar-refractivity contribution in [3.05, 3.63) is 95.7 Å². The fourth-order valence-corrected chi connectivity index (χ4v) is 6.25. The van der Waals surface area contributed by atoms with Crippen molar-refractivity contribution in [1.29, 1.82) is 0 Å². The first-order valence-electron chi connectivity index (χ1n) is 14.0. The molecule has 6 rings (SSSR count). The lowest BCUT2D eigenvalue weighted by atomic mass is 9.86. The summed E-state index contributed by atoms with van der Waals surface area (Å²) in [4.78, 5) is 36.8. The van der Waals surface area contributed by atoms with Gasteiger partial charge in [0, 0.05) is 29.5 Å². The van der Waals surface area contributed by atoms with Crippen LogP contribution in [0.4, 0.5) is 0 Å². The summed E-state index contributed by atoms with van der Waals surface area (Å²) in [6.07, 6.45) is 17.2. The normalized spacial score (nSPS) is 21.8. The largest absolute Gasteiger partial charge is 0.481 e. The Morgan fingerprint density at radius 1 is 0.974 bits per heavy atom. The molecule has 2 aliphatic heterocycles. The minimum absolute atomic E-state index is 0.0655. The van der Waals surface area contributed by atoms with E-state index in [1.165, 1.54) is 5.57 Å². The van der Waals surface area contributed by atoms with E-state index in [1.807, 2.05) is 48.5 Å². The highest BCUT2D eigenvalue weighted by molar-refractivity contribution is 5.98. The molecular weight excluding hydrogens is 486 g/mol. The molecule has 39 heavy (non-hydrogen) atoms. The van der Waals surface area contributed by atoms with Crippen LogP contribution >= 0.6 is 0 Å².